The minimum Gasteiger partial charge on any atom is -0.497 e. The quantitative estimate of drug-likeness (QED) is 0.315. The minimum absolute atomic E-state index is 0.0132. The Morgan fingerprint density at radius 1 is 1.17 bits per heavy atom. The lowest BCUT2D eigenvalue weighted by Crippen LogP contribution is -2.36. The highest BCUT2D eigenvalue weighted by molar-refractivity contribution is 7.93. The molecule has 1 aromatic heterocycles. The lowest BCUT2D eigenvalue weighted by atomic mass is 10.1. The first-order valence-electron chi connectivity index (χ1n) is 13.0. The van der Waals surface area contributed by atoms with E-state index in [-0.39, 0.29) is 34.5 Å². The molecule has 1 aliphatic rings. The zero-order chi connectivity index (χ0) is 29.9. The number of hydrogen-bond acceptors (Lipinski definition) is 9. The number of likely N-dealkylation sites (tertiary alicyclic amines) is 1. The second-order valence-electron chi connectivity index (χ2n) is 10.8. The average molecular weight is 623 g/mol. The van der Waals surface area contributed by atoms with Crippen LogP contribution in [0.3, 0.4) is 0 Å². The lowest BCUT2D eigenvalue weighted by molar-refractivity contribution is 0.0288. The van der Waals surface area contributed by atoms with Crippen molar-refractivity contribution in [1.29, 1.82) is 0 Å². The smallest absolute Gasteiger partial charge is 0.410 e. The minimum atomic E-state index is -4.06. The molecule has 1 aliphatic heterocycles. The topological polar surface area (TPSA) is 110 Å². The summed E-state index contributed by atoms with van der Waals surface area (Å²) >= 11 is 7.83. The van der Waals surface area contributed by atoms with E-state index in [0.29, 0.717) is 41.0 Å². The van der Waals surface area contributed by atoms with Gasteiger partial charge in [-0.1, -0.05) is 18.5 Å². The number of ether oxygens (including phenoxy) is 3. The Morgan fingerprint density at radius 2 is 1.93 bits per heavy atom. The van der Waals surface area contributed by atoms with Crippen LogP contribution in [-0.2, 0) is 21.3 Å². The number of amides is 1. The SMILES string of the molecule is COc1ccc(CN(c2nccs2)S(=O)(=O)c2ccc(NC3CN(C(=O)OC(C)(C)C)C[C@H]3C)c(Cl)c2)c(OC)c1. The molecule has 0 saturated carbocycles. The van der Waals surface area contributed by atoms with Gasteiger partial charge in [0.25, 0.3) is 10.0 Å². The van der Waals surface area contributed by atoms with E-state index in [1.165, 1.54) is 34.9 Å². The summed E-state index contributed by atoms with van der Waals surface area (Å²) < 4.78 is 45.4. The molecule has 2 atom stereocenters. The predicted molar refractivity (Wildman–Crippen MR) is 161 cm³/mol. The summed E-state index contributed by atoms with van der Waals surface area (Å²) in [6.45, 7) is 8.49. The zero-order valence-corrected chi connectivity index (χ0v) is 26.3. The number of benzene rings is 2. The highest BCUT2D eigenvalue weighted by atomic mass is 35.5. The van der Waals surface area contributed by atoms with Crippen LogP contribution in [-0.4, -0.2) is 63.3 Å². The van der Waals surface area contributed by atoms with Crippen LogP contribution < -0.4 is 19.1 Å². The number of halogens is 1. The van der Waals surface area contributed by atoms with Crippen LogP contribution in [0, 0.1) is 5.92 Å². The Balaban J connectivity index is 1.56. The Labute approximate surface area is 250 Å². The average Bonchev–Trinajstić information content (AvgIpc) is 3.57. The number of nitrogens with zero attached hydrogens (tertiary/aromatic N) is 3. The maximum absolute atomic E-state index is 13.9. The predicted octanol–water partition coefficient (Wildman–Crippen LogP) is 5.88. The van der Waals surface area contributed by atoms with Crippen molar-refractivity contribution in [3.05, 3.63) is 58.6 Å². The van der Waals surface area contributed by atoms with Gasteiger partial charge in [0, 0.05) is 42.3 Å². The van der Waals surface area contributed by atoms with Crippen LogP contribution >= 0.6 is 22.9 Å². The molecule has 4 rings (SSSR count). The third kappa shape index (κ3) is 7.17. The highest BCUT2D eigenvalue weighted by Gasteiger charge is 2.35. The lowest BCUT2D eigenvalue weighted by Gasteiger charge is -2.25. The Hall–Kier alpha value is -3.22. The summed E-state index contributed by atoms with van der Waals surface area (Å²) in [6, 6.07) is 9.71. The molecule has 41 heavy (non-hydrogen) atoms. The molecule has 10 nitrogen and oxygen atoms in total. The van der Waals surface area contributed by atoms with Gasteiger partial charge in [-0.15, -0.1) is 11.3 Å². The number of anilines is 2. The molecular formula is C28H35ClN4O6S2. The van der Waals surface area contributed by atoms with E-state index in [0.717, 1.165) is 0 Å². The molecule has 3 aromatic rings. The van der Waals surface area contributed by atoms with Gasteiger partial charge in [0.15, 0.2) is 5.13 Å². The molecule has 1 amide bonds. The van der Waals surface area contributed by atoms with Gasteiger partial charge in [-0.3, -0.25) is 0 Å². The largest absolute Gasteiger partial charge is 0.497 e. The number of carbonyl (C=O) groups is 1. The van der Waals surface area contributed by atoms with Crippen molar-refractivity contribution in [1.82, 2.24) is 9.88 Å². The molecule has 0 bridgehead atoms. The fourth-order valence-corrected chi connectivity index (χ4v) is 7.06. The fraction of sp³-hybridized carbons (Fsp3) is 0.429. The van der Waals surface area contributed by atoms with E-state index in [4.69, 9.17) is 25.8 Å². The molecule has 222 valence electrons. The zero-order valence-electron chi connectivity index (χ0n) is 23.9. The first-order chi connectivity index (χ1) is 19.3. The monoisotopic (exact) mass is 622 g/mol. The molecule has 1 N–H and O–H groups in total. The first-order valence-corrected chi connectivity index (χ1v) is 15.7. The van der Waals surface area contributed by atoms with Gasteiger partial charge in [-0.05, 0) is 57.0 Å². The van der Waals surface area contributed by atoms with E-state index < -0.39 is 15.6 Å². The molecule has 1 fully saturated rings. The van der Waals surface area contributed by atoms with Crippen LogP contribution in [0.1, 0.15) is 33.3 Å². The van der Waals surface area contributed by atoms with Crippen molar-refractivity contribution in [2.75, 3.05) is 36.9 Å². The number of carbonyl (C=O) groups excluding carboxylic acids is 1. The summed E-state index contributed by atoms with van der Waals surface area (Å²) in [5, 5.41) is 5.65. The maximum atomic E-state index is 13.9. The second kappa shape index (κ2) is 12.3. The van der Waals surface area contributed by atoms with Crippen LogP contribution in [0.2, 0.25) is 5.02 Å². The summed E-state index contributed by atoms with van der Waals surface area (Å²) in [6.07, 6.45) is 1.19. The summed E-state index contributed by atoms with van der Waals surface area (Å²) in [4.78, 5) is 18.5. The maximum Gasteiger partial charge on any atom is 0.410 e. The number of rotatable bonds is 9. The van der Waals surface area contributed by atoms with Gasteiger partial charge in [-0.25, -0.2) is 22.5 Å². The van der Waals surface area contributed by atoms with E-state index in [2.05, 4.69) is 10.3 Å². The number of hydrogen-bond donors (Lipinski definition) is 1. The van der Waals surface area contributed by atoms with Crippen molar-refractivity contribution in [2.45, 2.75) is 50.8 Å². The second-order valence-corrected chi connectivity index (χ2v) is 13.9. The number of nitrogens with one attached hydrogen (secondary N) is 1. The van der Waals surface area contributed by atoms with E-state index in [1.54, 1.807) is 47.9 Å². The van der Waals surface area contributed by atoms with E-state index in [9.17, 15) is 13.2 Å². The first kappa shape index (κ1) is 30.7. The summed E-state index contributed by atoms with van der Waals surface area (Å²) in [5.74, 6) is 1.21. The van der Waals surface area contributed by atoms with E-state index >= 15 is 0 Å². The van der Waals surface area contributed by atoms with Crippen LogP contribution in [0.5, 0.6) is 11.5 Å². The molecule has 13 heteroatoms. The molecule has 2 aromatic carbocycles. The number of methoxy groups -OCH3 is 2. The fourth-order valence-electron chi connectivity index (χ4n) is 4.46. The van der Waals surface area contributed by atoms with Crippen molar-refractivity contribution < 1.29 is 27.4 Å². The molecule has 0 spiro atoms. The van der Waals surface area contributed by atoms with Gasteiger partial charge in [0.1, 0.15) is 17.1 Å². The number of aromatic nitrogens is 1. The third-order valence-electron chi connectivity index (χ3n) is 6.57. The Morgan fingerprint density at radius 3 is 2.54 bits per heavy atom. The molecule has 0 aliphatic carbocycles. The third-order valence-corrected chi connectivity index (χ3v) is 9.53. The summed E-state index contributed by atoms with van der Waals surface area (Å²) in [5.41, 5.74) is 0.633. The Kier molecular flexibility index (Phi) is 9.25. The molecule has 1 unspecified atom stereocenters. The molecule has 0 radical (unpaired) electrons. The number of thiazole rings is 1. The van der Waals surface area contributed by atoms with Crippen molar-refractivity contribution in [3.63, 3.8) is 0 Å². The molecular weight excluding hydrogens is 588 g/mol. The number of sulfonamides is 1. The van der Waals surface area contributed by atoms with Crippen molar-refractivity contribution in [2.24, 2.45) is 5.92 Å². The summed E-state index contributed by atoms with van der Waals surface area (Å²) in [7, 11) is -0.998. The standard InChI is InChI=1S/C28H35ClN4O6S2/c1-18-15-32(27(34)39-28(2,3)4)17-24(18)31-23-10-9-21(14-22(23)29)41(35,36)33(26-30-11-12-40-26)16-19-7-8-20(37-5)13-25(19)38-6/h7-14,18,24,31H,15-17H2,1-6H3/t18-,24?/m1/s1. The van der Waals surface area contributed by atoms with Gasteiger partial charge >= 0.3 is 6.09 Å². The van der Waals surface area contributed by atoms with Gasteiger partial charge in [0.05, 0.1) is 36.4 Å². The van der Waals surface area contributed by atoms with Gasteiger partial charge in [0.2, 0.25) is 0 Å². The van der Waals surface area contributed by atoms with Crippen LogP contribution in [0.25, 0.3) is 0 Å². The van der Waals surface area contributed by atoms with Crippen LogP contribution in [0.15, 0.2) is 52.9 Å². The van der Waals surface area contributed by atoms with Gasteiger partial charge < -0.3 is 24.4 Å². The molecule has 1 saturated heterocycles. The molecule has 2 heterocycles. The van der Waals surface area contributed by atoms with Crippen molar-refractivity contribution >= 4 is 49.9 Å². The van der Waals surface area contributed by atoms with Crippen molar-refractivity contribution in [3.8, 4) is 11.5 Å². The Bertz CT molecular complexity index is 1480. The normalized spacial score (nSPS) is 17.3. The van der Waals surface area contributed by atoms with Crippen LogP contribution in [0.4, 0.5) is 15.6 Å². The van der Waals surface area contributed by atoms with Gasteiger partial charge in [-0.2, -0.15) is 0 Å². The highest BCUT2D eigenvalue weighted by Crippen LogP contribution is 2.35. The van der Waals surface area contributed by atoms with E-state index in [1.807, 2.05) is 27.7 Å².